The molecule has 1 aromatic carbocycles. The molecule has 2 amide bonds. The highest BCUT2D eigenvalue weighted by Gasteiger charge is 2.25. The fraction of sp³-hybridized carbons (Fsp3) is 0.300. The predicted octanol–water partition coefficient (Wildman–Crippen LogP) is 2.76. The second-order valence-corrected chi connectivity index (χ2v) is 6.62. The molecule has 1 aliphatic heterocycles. The third kappa shape index (κ3) is 2.87. The Bertz CT molecular complexity index is 943. The molecule has 0 spiro atoms. The van der Waals surface area contributed by atoms with Gasteiger partial charge in [0.1, 0.15) is 6.26 Å². The molecule has 0 bridgehead atoms. The van der Waals surface area contributed by atoms with Gasteiger partial charge < -0.3 is 18.8 Å². The Morgan fingerprint density at radius 2 is 1.69 bits per heavy atom. The summed E-state index contributed by atoms with van der Waals surface area (Å²) in [6.07, 6.45) is 5.63. The van der Waals surface area contributed by atoms with E-state index in [1.165, 1.54) is 12.5 Å². The van der Waals surface area contributed by atoms with Crippen molar-refractivity contribution in [2.24, 2.45) is 7.05 Å². The lowest BCUT2D eigenvalue weighted by molar-refractivity contribution is 0.0719. The summed E-state index contributed by atoms with van der Waals surface area (Å²) in [6, 6.07) is 9.59. The first-order valence-electron chi connectivity index (χ1n) is 8.80. The highest BCUT2D eigenvalue weighted by molar-refractivity contribution is 6.07. The Balaban J connectivity index is 1.52. The van der Waals surface area contributed by atoms with Gasteiger partial charge in [0.2, 0.25) is 0 Å². The molecule has 1 fully saturated rings. The van der Waals surface area contributed by atoms with E-state index in [9.17, 15) is 9.59 Å². The molecule has 0 unspecified atom stereocenters. The highest BCUT2D eigenvalue weighted by atomic mass is 16.3. The van der Waals surface area contributed by atoms with Crippen LogP contribution in [0.5, 0.6) is 0 Å². The molecule has 0 radical (unpaired) electrons. The highest BCUT2D eigenvalue weighted by Crippen LogP contribution is 2.22. The molecule has 6 nitrogen and oxygen atoms in total. The van der Waals surface area contributed by atoms with E-state index in [0.717, 1.165) is 22.9 Å². The summed E-state index contributed by atoms with van der Waals surface area (Å²) in [5.74, 6) is -0.0161. The van der Waals surface area contributed by atoms with E-state index in [0.29, 0.717) is 31.7 Å². The van der Waals surface area contributed by atoms with E-state index in [1.807, 2.05) is 47.0 Å². The first-order chi connectivity index (χ1) is 12.6. The Morgan fingerprint density at radius 1 is 0.962 bits per heavy atom. The van der Waals surface area contributed by atoms with Gasteiger partial charge in [-0.05, 0) is 18.6 Å². The van der Waals surface area contributed by atoms with Gasteiger partial charge in [0.25, 0.3) is 11.8 Å². The molecular weight excluding hydrogens is 330 g/mol. The lowest BCUT2D eigenvalue weighted by Crippen LogP contribution is -2.37. The molecule has 3 aromatic rings. The summed E-state index contributed by atoms with van der Waals surface area (Å²) in [5, 5.41) is 0.968. The predicted molar refractivity (Wildman–Crippen MR) is 98.1 cm³/mol. The van der Waals surface area contributed by atoms with Crippen molar-refractivity contribution in [2.45, 2.75) is 6.42 Å². The fourth-order valence-corrected chi connectivity index (χ4v) is 3.57. The maximum Gasteiger partial charge on any atom is 0.257 e. The topological polar surface area (TPSA) is 58.7 Å². The number of amides is 2. The van der Waals surface area contributed by atoms with Crippen LogP contribution in [0.15, 0.2) is 53.5 Å². The Morgan fingerprint density at radius 3 is 2.42 bits per heavy atom. The number of hydrogen-bond acceptors (Lipinski definition) is 3. The van der Waals surface area contributed by atoms with Crippen LogP contribution in [0.2, 0.25) is 0 Å². The number of carbonyl (C=O) groups excluding carboxylic acids is 2. The minimum Gasteiger partial charge on any atom is -0.472 e. The summed E-state index contributed by atoms with van der Waals surface area (Å²) in [6.45, 7) is 2.35. The zero-order chi connectivity index (χ0) is 18.1. The molecule has 1 saturated heterocycles. The number of aryl methyl sites for hydroxylation is 1. The van der Waals surface area contributed by atoms with Crippen molar-refractivity contribution in [3.8, 4) is 0 Å². The molecule has 6 heteroatoms. The first kappa shape index (κ1) is 16.4. The van der Waals surface area contributed by atoms with Crippen LogP contribution in [0.4, 0.5) is 0 Å². The van der Waals surface area contributed by atoms with Crippen molar-refractivity contribution in [3.63, 3.8) is 0 Å². The SMILES string of the molecule is Cn1cc(C(=O)N2CCCN(C(=O)c3ccoc3)CC2)c2ccccc21. The third-order valence-electron chi connectivity index (χ3n) is 4.97. The molecule has 0 saturated carbocycles. The zero-order valence-corrected chi connectivity index (χ0v) is 14.7. The summed E-state index contributed by atoms with van der Waals surface area (Å²) in [7, 11) is 1.95. The average molecular weight is 351 g/mol. The van der Waals surface area contributed by atoms with Gasteiger partial charge in [-0.25, -0.2) is 0 Å². The van der Waals surface area contributed by atoms with Gasteiger partial charge in [-0.2, -0.15) is 0 Å². The van der Waals surface area contributed by atoms with Crippen LogP contribution >= 0.6 is 0 Å². The van der Waals surface area contributed by atoms with Gasteiger partial charge in [-0.1, -0.05) is 18.2 Å². The molecule has 0 atom stereocenters. The number of para-hydroxylation sites is 1. The minimum atomic E-state index is -0.0433. The fourth-order valence-electron chi connectivity index (χ4n) is 3.57. The summed E-state index contributed by atoms with van der Waals surface area (Å²) < 4.78 is 6.99. The maximum atomic E-state index is 13.1. The van der Waals surface area contributed by atoms with E-state index >= 15 is 0 Å². The molecule has 0 N–H and O–H groups in total. The Kier molecular flexibility index (Phi) is 4.24. The Labute approximate surface area is 151 Å². The second-order valence-electron chi connectivity index (χ2n) is 6.62. The molecule has 26 heavy (non-hydrogen) atoms. The number of rotatable bonds is 2. The van der Waals surface area contributed by atoms with Crippen molar-refractivity contribution in [1.82, 2.24) is 14.4 Å². The summed E-state index contributed by atoms with van der Waals surface area (Å²) >= 11 is 0. The maximum absolute atomic E-state index is 13.1. The molecule has 3 heterocycles. The monoisotopic (exact) mass is 351 g/mol. The number of aromatic nitrogens is 1. The van der Waals surface area contributed by atoms with Crippen LogP contribution < -0.4 is 0 Å². The van der Waals surface area contributed by atoms with E-state index < -0.39 is 0 Å². The number of benzene rings is 1. The van der Waals surface area contributed by atoms with Gasteiger partial charge in [0.05, 0.1) is 17.4 Å². The lowest BCUT2D eigenvalue weighted by atomic mass is 10.1. The van der Waals surface area contributed by atoms with Gasteiger partial charge >= 0.3 is 0 Å². The second kappa shape index (κ2) is 6.71. The molecule has 2 aromatic heterocycles. The van der Waals surface area contributed by atoms with Crippen LogP contribution in [0.3, 0.4) is 0 Å². The van der Waals surface area contributed by atoms with Crippen molar-refractivity contribution < 1.29 is 14.0 Å². The zero-order valence-electron chi connectivity index (χ0n) is 14.7. The van der Waals surface area contributed by atoms with Crippen LogP contribution in [-0.2, 0) is 7.05 Å². The molecule has 1 aliphatic rings. The van der Waals surface area contributed by atoms with E-state index in [1.54, 1.807) is 11.0 Å². The first-order valence-corrected chi connectivity index (χ1v) is 8.80. The smallest absolute Gasteiger partial charge is 0.257 e. The quantitative estimate of drug-likeness (QED) is 0.713. The molecule has 134 valence electrons. The van der Waals surface area contributed by atoms with Crippen molar-refractivity contribution in [2.75, 3.05) is 26.2 Å². The Hall–Kier alpha value is -3.02. The van der Waals surface area contributed by atoms with E-state index in [2.05, 4.69) is 0 Å². The number of carbonyl (C=O) groups is 2. The van der Waals surface area contributed by atoms with Crippen LogP contribution in [-0.4, -0.2) is 52.4 Å². The summed E-state index contributed by atoms with van der Waals surface area (Å²) in [5.41, 5.74) is 2.32. The molecule has 4 rings (SSSR count). The molecule has 0 aliphatic carbocycles. The van der Waals surface area contributed by atoms with Crippen LogP contribution in [0.1, 0.15) is 27.1 Å². The van der Waals surface area contributed by atoms with E-state index in [4.69, 9.17) is 4.42 Å². The van der Waals surface area contributed by atoms with Crippen molar-refractivity contribution in [1.29, 1.82) is 0 Å². The van der Waals surface area contributed by atoms with Gasteiger partial charge in [0.15, 0.2) is 0 Å². The number of hydrogen-bond donors (Lipinski definition) is 0. The number of fused-ring (bicyclic) bond motifs is 1. The van der Waals surface area contributed by atoms with Gasteiger partial charge in [-0.3, -0.25) is 9.59 Å². The van der Waals surface area contributed by atoms with Crippen LogP contribution in [0, 0.1) is 0 Å². The normalized spacial score (nSPS) is 15.3. The van der Waals surface area contributed by atoms with E-state index in [-0.39, 0.29) is 11.8 Å². The lowest BCUT2D eigenvalue weighted by Gasteiger charge is -2.21. The largest absolute Gasteiger partial charge is 0.472 e. The summed E-state index contributed by atoms with van der Waals surface area (Å²) in [4.78, 5) is 29.2. The molecular formula is C20H21N3O3. The van der Waals surface area contributed by atoms with Gasteiger partial charge in [-0.15, -0.1) is 0 Å². The third-order valence-corrected chi connectivity index (χ3v) is 4.97. The van der Waals surface area contributed by atoms with Gasteiger partial charge in [0, 0.05) is 50.3 Å². The number of furan rings is 1. The van der Waals surface area contributed by atoms with Crippen LogP contribution in [0.25, 0.3) is 10.9 Å². The average Bonchev–Trinajstić information content (AvgIpc) is 3.23. The van der Waals surface area contributed by atoms with Crippen molar-refractivity contribution in [3.05, 3.63) is 60.2 Å². The standard InChI is InChI=1S/C20H21N3O3/c1-21-13-17(16-5-2-3-6-18(16)21)20(25)23-9-4-8-22(10-11-23)19(24)15-7-12-26-14-15/h2-3,5-7,12-14H,4,8-11H2,1H3. The number of nitrogens with zero attached hydrogens (tertiary/aromatic N) is 3. The van der Waals surface area contributed by atoms with Crippen molar-refractivity contribution >= 4 is 22.7 Å². The minimum absolute atomic E-state index is 0.0272.